The van der Waals surface area contributed by atoms with Crippen LogP contribution in [0.15, 0.2) is 29.2 Å². The molecule has 1 aliphatic carbocycles. The first-order valence-corrected chi connectivity index (χ1v) is 8.08. The molecule has 100 valence electrons. The molecule has 4 nitrogen and oxygen atoms in total. The van der Waals surface area contributed by atoms with Gasteiger partial charge in [0.25, 0.3) is 0 Å². The fourth-order valence-corrected chi connectivity index (χ4v) is 2.28. The molecule has 1 aromatic rings. The maximum Gasteiger partial charge on any atom is 0.175 e. The lowest BCUT2D eigenvalue weighted by Gasteiger charge is -2.07. The maximum atomic E-state index is 11.3. The zero-order chi connectivity index (χ0) is 13.0. The summed E-state index contributed by atoms with van der Waals surface area (Å²) in [5.74, 6) is 1.58. The van der Waals surface area contributed by atoms with Crippen molar-refractivity contribution < 1.29 is 13.2 Å². The largest absolute Gasteiger partial charge is 0.492 e. The van der Waals surface area contributed by atoms with E-state index in [2.05, 4.69) is 5.32 Å². The first-order chi connectivity index (χ1) is 8.55. The van der Waals surface area contributed by atoms with Gasteiger partial charge in [0.15, 0.2) is 9.84 Å². The monoisotopic (exact) mass is 269 g/mol. The van der Waals surface area contributed by atoms with Crippen molar-refractivity contribution in [3.63, 3.8) is 0 Å². The minimum Gasteiger partial charge on any atom is -0.492 e. The molecule has 0 aliphatic heterocycles. The molecule has 1 saturated carbocycles. The summed E-state index contributed by atoms with van der Waals surface area (Å²) in [5, 5.41) is 3.33. The number of ether oxygens (including phenoxy) is 1. The average molecular weight is 269 g/mol. The number of hydrogen-bond acceptors (Lipinski definition) is 4. The summed E-state index contributed by atoms with van der Waals surface area (Å²) in [4.78, 5) is 0.321. The Labute approximate surface area is 108 Å². The van der Waals surface area contributed by atoms with E-state index < -0.39 is 9.84 Å². The topological polar surface area (TPSA) is 55.4 Å². The van der Waals surface area contributed by atoms with E-state index in [0.717, 1.165) is 19.0 Å². The highest BCUT2D eigenvalue weighted by atomic mass is 32.2. The lowest BCUT2D eigenvalue weighted by atomic mass is 10.3. The van der Waals surface area contributed by atoms with E-state index in [1.165, 1.54) is 19.1 Å². The normalized spacial score (nSPS) is 15.6. The molecule has 0 heterocycles. The fourth-order valence-electron chi connectivity index (χ4n) is 1.65. The van der Waals surface area contributed by atoms with Crippen LogP contribution in [0.3, 0.4) is 0 Å². The van der Waals surface area contributed by atoms with Crippen molar-refractivity contribution in [1.82, 2.24) is 5.32 Å². The molecule has 0 amide bonds. The van der Waals surface area contributed by atoms with Crippen LogP contribution in [-0.2, 0) is 9.84 Å². The first kappa shape index (κ1) is 13.4. The molecule has 1 aromatic carbocycles. The molecule has 2 rings (SSSR count). The zero-order valence-electron chi connectivity index (χ0n) is 10.6. The number of benzene rings is 1. The van der Waals surface area contributed by atoms with Gasteiger partial charge in [-0.2, -0.15) is 0 Å². The predicted molar refractivity (Wildman–Crippen MR) is 70.6 cm³/mol. The van der Waals surface area contributed by atoms with Crippen LogP contribution in [0.5, 0.6) is 5.75 Å². The third kappa shape index (κ3) is 4.31. The third-order valence-electron chi connectivity index (χ3n) is 2.93. The fraction of sp³-hybridized carbons (Fsp3) is 0.538. The van der Waals surface area contributed by atoms with E-state index in [4.69, 9.17) is 4.74 Å². The third-order valence-corrected chi connectivity index (χ3v) is 4.06. The second kappa shape index (κ2) is 5.71. The summed E-state index contributed by atoms with van der Waals surface area (Å²) < 4.78 is 28.0. The Bertz CT molecular complexity index is 477. The van der Waals surface area contributed by atoms with E-state index in [9.17, 15) is 8.42 Å². The van der Waals surface area contributed by atoms with Gasteiger partial charge < -0.3 is 10.1 Å². The Balaban J connectivity index is 1.72. The summed E-state index contributed by atoms with van der Waals surface area (Å²) in [6.07, 6.45) is 3.90. The van der Waals surface area contributed by atoms with Crippen LogP contribution in [-0.4, -0.2) is 34.4 Å². The van der Waals surface area contributed by atoms with Crippen LogP contribution in [0, 0.1) is 5.92 Å². The lowest BCUT2D eigenvalue weighted by molar-refractivity contribution is 0.313. The Morgan fingerprint density at radius 2 is 1.94 bits per heavy atom. The van der Waals surface area contributed by atoms with Gasteiger partial charge in [0, 0.05) is 12.8 Å². The second-order valence-corrected chi connectivity index (χ2v) is 6.76. The van der Waals surface area contributed by atoms with Gasteiger partial charge in [-0.3, -0.25) is 0 Å². The smallest absolute Gasteiger partial charge is 0.175 e. The van der Waals surface area contributed by atoms with Gasteiger partial charge in [-0.05, 0) is 49.6 Å². The zero-order valence-corrected chi connectivity index (χ0v) is 11.4. The van der Waals surface area contributed by atoms with E-state index in [1.54, 1.807) is 24.3 Å². The highest BCUT2D eigenvalue weighted by molar-refractivity contribution is 7.90. The number of nitrogens with one attached hydrogen (secondary N) is 1. The highest BCUT2D eigenvalue weighted by Gasteiger charge is 2.19. The molecule has 0 bridgehead atoms. The van der Waals surface area contributed by atoms with Crippen LogP contribution in [0.2, 0.25) is 0 Å². The summed E-state index contributed by atoms with van der Waals surface area (Å²) in [6, 6.07) is 6.53. The van der Waals surface area contributed by atoms with Crippen LogP contribution in [0.25, 0.3) is 0 Å². The van der Waals surface area contributed by atoms with Gasteiger partial charge in [0.05, 0.1) is 4.90 Å². The molecule has 0 atom stereocenters. The first-order valence-electron chi connectivity index (χ1n) is 6.19. The minimum atomic E-state index is -3.12. The van der Waals surface area contributed by atoms with Crippen molar-refractivity contribution in [2.45, 2.75) is 17.7 Å². The Morgan fingerprint density at radius 1 is 1.28 bits per heavy atom. The molecular formula is C13H19NO3S. The van der Waals surface area contributed by atoms with Crippen LogP contribution in [0.4, 0.5) is 0 Å². The molecule has 0 spiro atoms. The van der Waals surface area contributed by atoms with Gasteiger partial charge in [-0.15, -0.1) is 0 Å². The molecule has 1 N–H and O–H groups in total. The molecule has 0 aromatic heterocycles. The Morgan fingerprint density at radius 3 is 2.50 bits per heavy atom. The molecule has 1 fully saturated rings. The van der Waals surface area contributed by atoms with Crippen LogP contribution >= 0.6 is 0 Å². The average Bonchev–Trinajstić information content (AvgIpc) is 3.12. The SMILES string of the molecule is CS(=O)(=O)c1ccc(OCCNCC2CC2)cc1. The molecule has 0 saturated heterocycles. The van der Waals surface area contributed by atoms with Gasteiger partial charge in [-0.25, -0.2) is 8.42 Å². The molecule has 5 heteroatoms. The Hall–Kier alpha value is -1.07. The maximum absolute atomic E-state index is 11.3. The van der Waals surface area contributed by atoms with Crippen molar-refractivity contribution in [2.24, 2.45) is 5.92 Å². The van der Waals surface area contributed by atoms with Gasteiger partial charge in [0.1, 0.15) is 12.4 Å². The lowest BCUT2D eigenvalue weighted by Crippen LogP contribution is -2.23. The quantitative estimate of drug-likeness (QED) is 0.762. The molecule has 0 radical (unpaired) electrons. The predicted octanol–water partition coefficient (Wildman–Crippen LogP) is 1.47. The van der Waals surface area contributed by atoms with E-state index in [-0.39, 0.29) is 0 Å². The van der Waals surface area contributed by atoms with Crippen molar-refractivity contribution in [2.75, 3.05) is 26.0 Å². The number of hydrogen-bond donors (Lipinski definition) is 1. The van der Waals surface area contributed by atoms with Crippen molar-refractivity contribution >= 4 is 9.84 Å². The summed E-state index contributed by atoms with van der Waals surface area (Å²) in [7, 11) is -3.12. The van der Waals surface area contributed by atoms with Crippen LogP contribution in [0.1, 0.15) is 12.8 Å². The Kier molecular flexibility index (Phi) is 4.24. The summed E-state index contributed by atoms with van der Waals surface area (Å²) in [5.41, 5.74) is 0. The van der Waals surface area contributed by atoms with Crippen molar-refractivity contribution in [3.05, 3.63) is 24.3 Å². The standard InChI is InChI=1S/C13H19NO3S/c1-18(15,16)13-6-4-12(5-7-13)17-9-8-14-10-11-2-3-11/h4-7,11,14H,2-3,8-10H2,1H3. The molecule has 0 unspecified atom stereocenters. The summed E-state index contributed by atoms with van der Waals surface area (Å²) in [6.45, 7) is 2.51. The van der Waals surface area contributed by atoms with E-state index in [0.29, 0.717) is 17.3 Å². The van der Waals surface area contributed by atoms with Crippen LogP contribution < -0.4 is 10.1 Å². The second-order valence-electron chi connectivity index (χ2n) is 4.74. The van der Waals surface area contributed by atoms with Crippen molar-refractivity contribution in [3.8, 4) is 5.75 Å². The van der Waals surface area contributed by atoms with Crippen molar-refractivity contribution in [1.29, 1.82) is 0 Å². The van der Waals surface area contributed by atoms with E-state index >= 15 is 0 Å². The summed E-state index contributed by atoms with van der Waals surface area (Å²) >= 11 is 0. The van der Waals surface area contributed by atoms with Gasteiger partial charge in [0.2, 0.25) is 0 Å². The van der Waals surface area contributed by atoms with Gasteiger partial charge in [-0.1, -0.05) is 0 Å². The minimum absolute atomic E-state index is 0.321. The molecule has 1 aliphatic rings. The molecular weight excluding hydrogens is 250 g/mol. The van der Waals surface area contributed by atoms with E-state index in [1.807, 2.05) is 0 Å². The number of rotatable bonds is 7. The highest BCUT2D eigenvalue weighted by Crippen LogP contribution is 2.27. The number of sulfone groups is 1. The van der Waals surface area contributed by atoms with Gasteiger partial charge >= 0.3 is 0 Å². The molecule has 18 heavy (non-hydrogen) atoms.